The smallest absolute Gasteiger partial charge is 0.0544 e. The fourth-order valence-corrected chi connectivity index (χ4v) is 5.06. The number of rotatable bonds is 2. The highest BCUT2D eigenvalue weighted by Gasteiger charge is 2.11. The van der Waals surface area contributed by atoms with Crippen LogP contribution in [0.25, 0.3) is 65.9 Å². The first kappa shape index (κ1) is 17.4. The first-order chi connectivity index (χ1) is 15.9. The molecule has 0 radical (unpaired) electrons. The van der Waals surface area contributed by atoms with Gasteiger partial charge in [-0.15, -0.1) is 0 Å². The van der Waals surface area contributed by atoms with E-state index >= 15 is 0 Å². The first-order valence-electron chi connectivity index (χ1n) is 11.0. The van der Waals surface area contributed by atoms with Crippen molar-refractivity contribution in [1.82, 2.24) is 9.97 Å². The maximum atomic E-state index is 3.63. The molecule has 150 valence electrons. The number of fused-ring (bicyclic) bond motifs is 6. The second-order valence-corrected chi connectivity index (χ2v) is 8.37. The Morgan fingerprint density at radius 1 is 0.344 bits per heavy atom. The lowest BCUT2D eigenvalue weighted by Crippen LogP contribution is -1.83. The van der Waals surface area contributed by atoms with E-state index in [-0.39, 0.29) is 0 Å². The summed E-state index contributed by atoms with van der Waals surface area (Å²) in [6.07, 6.45) is 0. The zero-order chi connectivity index (χ0) is 21.1. The molecule has 32 heavy (non-hydrogen) atoms. The molecule has 0 unspecified atom stereocenters. The van der Waals surface area contributed by atoms with Crippen LogP contribution in [0.3, 0.4) is 0 Å². The van der Waals surface area contributed by atoms with Gasteiger partial charge in [-0.2, -0.15) is 0 Å². The highest BCUT2D eigenvalue weighted by atomic mass is 14.7. The molecule has 7 rings (SSSR count). The van der Waals surface area contributed by atoms with Crippen molar-refractivity contribution in [3.05, 3.63) is 109 Å². The molecular formula is C30H20N2. The summed E-state index contributed by atoms with van der Waals surface area (Å²) in [6, 6.07) is 39.0. The van der Waals surface area contributed by atoms with Crippen LogP contribution in [0.2, 0.25) is 0 Å². The zero-order valence-corrected chi connectivity index (χ0v) is 17.4. The molecule has 2 heterocycles. The van der Waals surface area contributed by atoms with Gasteiger partial charge >= 0.3 is 0 Å². The lowest BCUT2D eigenvalue weighted by molar-refractivity contribution is 1.52. The van der Waals surface area contributed by atoms with Crippen LogP contribution in [0.1, 0.15) is 0 Å². The molecule has 0 aliphatic heterocycles. The molecule has 0 aliphatic rings. The standard InChI is InChI=1S/C30H20N2/c1-3-13-27-23(7-1)25-11-5-9-21(29(25)31-27)19-15-17-20(18-16-19)22-10-6-12-26-24-8-2-4-14-28(24)32-30(22)26/h1-18,31-32H. The van der Waals surface area contributed by atoms with E-state index in [4.69, 9.17) is 0 Å². The number of benzene rings is 5. The summed E-state index contributed by atoms with van der Waals surface area (Å²) in [5.41, 5.74) is 9.64. The van der Waals surface area contributed by atoms with E-state index in [1.54, 1.807) is 0 Å². The fraction of sp³-hybridized carbons (Fsp3) is 0. The van der Waals surface area contributed by atoms with Crippen LogP contribution in [0, 0.1) is 0 Å². The molecule has 7 aromatic rings. The van der Waals surface area contributed by atoms with Crippen molar-refractivity contribution >= 4 is 43.6 Å². The molecule has 0 atom stereocenters. The van der Waals surface area contributed by atoms with Crippen molar-refractivity contribution in [2.45, 2.75) is 0 Å². The molecular weight excluding hydrogens is 388 g/mol. The highest BCUT2D eigenvalue weighted by molar-refractivity contribution is 6.13. The molecule has 0 saturated heterocycles. The SMILES string of the molecule is c1ccc2c(c1)[nH]c1c(-c3ccc(-c4cccc5c4[nH]c4ccccc45)cc3)cccc12. The summed E-state index contributed by atoms with van der Waals surface area (Å²) in [5.74, 6) is 0. The Kier molecular flexibility index (Phi) is 3.58. The zero-order valence-electron chi connectivity index (χ0n) is 17.4. The van der Waals surface area contributed by atoms with E-state index in [2.05, 4.69) is 119 Å². The van der Waals surface area contributed by atoms with Gasteiger partial charge in [-0.3, -0.25) is 0 Å². The van der Waals surface area contributed by atoms with Crippen molar-refractivity contribution in [2.24, 2.45) is 0 Å². The summed E-state index contributed by atoms with van der Waals surface area (Å²) in [7, 11) is 0. The molecule has 5 aromatic carbocycles. The van der Waals surface area contributed by atoms with Gasteiger partial charge in [0.25, 0.3) is 0 Å². The number of para-hydroxylation sites is 4. The van der Waals surface area contributed by atoms with Crippen molar-refractivity contribution < 1.29 is 0 Å². The van der Waals surface area contributed by atoms with Gasteiger partial charge in [0.1, 0.15) is 0 Å². The van der Waals surface area contributed by atoms with Crippen LogP contribution >= 0.6 is 0 Å². The second-order valence-electron chi connectivity index (χ2n) is 8.37. The first-order valence-corrected chi connectivity index (χ1v) is 11.0. The van der Waals surface area contributed by atoms with E-state index in [1.165, 1.54) is 65.9 Å². The van der Waals surface area contributed by atoms with Crippen LogP contribution in [-0.4, -0.2) is 9.97 Å². The number of H-pyrrole nitrogens is 2. The molecule has 0 amide bonds. The second kappa shape index (κ2) is 6.60. The van der Waals surface area contributed by atoms with Gasteiger partial charge in [0.15, 0.2) is 0 Å². The molecule has 2 N–H and O–H groups in total. The molecule has 2 heteroatoms. The number of nitrogens with one attached hydrogen (secondary N) is 2. The Hall–Kier alpha value is -4.30. The van der Waals surface area contributed by atoms with Crippen LogP contribution in [0.15, 0.2) is 109 Å². The van der Waals surface area contributed by atoms with Gasteiger partial charge in [0.2, 0.25) is 0 Å². The Balaban J connectivity index is 1.38. The van der Waals surface area contributed by atoms with Gasteiger partial charge in [0.05, 0.1) is 11.0 Å². The van der Waals surface area contributed by atoms with Crippen LogP contribution in [0.5, 0.6) is 0 Å². The van der Waals surface area contributed by atoms with E-state index in [0.29, 0.717) is 0 Å². The Morgan fingerprint density at radius 3 is 1.22 bits per heavy atom. The average Bonchev–Trinajstić information content (AvgIpc) is 3.42. The largest absolute Gasteiger partial charge is 0.354 e. The Morgan fingerprint density at radius 2 is 0.750 bits per heavy atom. The van der Waals surface area contributed by atoms with Crippen molar-refractivity contribution in [2.75, 3.05) is 0 Å². The number of hydrogen-bond acceptors (Lipinski definition) is 0. The van der Waals surface area contributed by atoms with E-state index in [9.17, 15) is 0 Å². The average molecular weight is 409 g/mol. The quantitative estimate of drug-likeness (QED) is 0.288. The van der Waals surface area contributed by atoms with E-state index < -0.39 is 0 Å². The Labute approximate surface area is 185 Å². The van der Waals surface area contributed by atoms with Gasteiger partial charge in [-0.05, 0) is 23.3 Å². The maximum Gasteiger partial charge on any atom is 0.0544 e. The number of aromatic nitrogens is 2. The lowest BCUT2D eigenvalue weighted by atomic mass is 9.97. The van der Waals surface area contributed by atoms with Crippen molar-refractivity contribution in [3.8, 4) is 22.3 Å². The number of aromatic amines is 2. The minimum atomic E-state index is 1.18. The van der Waals surface area contributed by atoms with Gasteiger partial charge in [-0.25, -0.2) is 0 Å². The molecule has 0 aliphatic carbocycles. The third-order valence-electron chi connectivity index (χ3n) is 6.59. The molecule has 0 spiro atoms. The third kappa shape index (κ3) is 2.47. The molecule has 0 fully saturated rings. The minimum absolute atomic E-state index is 1.18. The lowest BCUT2D eigenvalue weighted by Gasteiger charge is -2.08. The molecule has 2 nitrogen and oxygen atoms in total. The molecule has 0 bridgehead atoms. The van der Waals surface area contributed by atoms with Crippen molar-refractivity contribution in [3.63, 3.8) is 0 Å². The predicted octanol–water partition coefficient (Wildman–Crippen LogP) is 8.29. The fourth-order valence-electron chi connectivity index (χ4n) is 5.06. The third-order valence-corrected chi connectivity index (χ3v) is 6.59. The van der Waals surface area contributed by atoms with Crippen molar-refractivity contribution in [1.29, 1.82) is 0 Å². The maximum absolute atomic E-state index is 3.63. The van der Waals surface area contributed by atoms with Crippen LogP contribution in [0.4, 0.5) is 0 Å². The topological polar surface area (TPSA) is 31.6 Å². The summed E-state index contributed by atoms with van der Waals surface area (Å²) in [6.45, 7) is 0. The van der Waals surface area contributed by atoms with E-state index in [1.807, 2.05) is 0 Å². The minimum Gasteiger partial charge on any atom is -0.354 e. The Bertz CT molecular complexity index is 1630. The summed E-state index contributed by atoms with van der Waals surface area (Å²) in [5, 5.41) is 5.08. The number of hydrogen-bond donors (Lipinski definition) is 2. The predicted molar refractivity (Wildman–Crippen MR) is 136 cm³/mol. The van der Waals surface area contributed by atoms with Crippen LogP contribution in [-0.2, 0) is 0 Å². The summed E-state index contributed by atoms with van der Waals surface area (Å²) < 4.78 is 0. The molecule has 0 saturated carbocycles. The normalized spacial score (nSPS) is 11.8. The molecule has 2 aromatic heterocycles. The van der Waals surface area contributed by atoms with E-state index in [0.717, 1.165) is 0 Å². The highest BCUT2D eigenvalue weighted by Crippen LogP contribution is 2.36. The van der Waals surface area contributed by atoms with Gasteiger partial charge in [0, 0.05) is 43.7 Å². The monoisotopic (exact) mass is 408 g/mol. The van der Waals surface area contributed by atoms with Gasteiger partial charge < -0.3 is 9.97 Å². The van der Waals surface area contributed by atoms with Crippen LogP contribution < -0.4 is 0 Å². The summed E-state index contributed by atoms with van der Waals surface area (Å²) in [4.78, 5) is 7.25. The summed E-state index contributed by atoms with van der Waals surface area (Å²) >= 11 is 0. The van der Waals surface area contributed by atoms with Gasteiger partial charge in [-0.1, -0.05) is 97.1 Å².